The lowest BCUT2D eigenvalue weighted by molar-refractivity contribution is -0.127. The van der Waals surface area contributed by atoms with Crippen molar-refractivity contribution in [2.24, 2.45) is 0 Å². The van der Waals surface area contributed by atoms with Gasteiger partial charge in [-0.1, -0.05) is 6.07 Å². The number of carbonyl (C=O) groups excluding carboxylic acids is 1. The fourth-order valence-electron chi connectivity index (χ4n) is 4.37. The molecule has 4 rings (SSSR count). The number of nitrogens with zero attached hydrogens (tertiary/aromatic N) is 3. The Morgan fingerprint density at radius 3 is 2.64 bits per heavy atom. The highest BCUT2D eigenvalue weighted by Gasteiger charge is 2.30. The van der Waals surface area contributed by atoms with Gasteiger partial charge in [-0.05, 0) is 37.5 Å². The number of benzene rings is 1. The third kappa shape index (κ3) is 3.99. The van der Waals surface area contributed by atoms with E-state index < -0.39 is 6.43 Å². The van der Waals surface area contributed by atoms with E-state index in [2.05, 4.69) is 4.90 Å². The van der Waals surface area contributed by atoms with Crippen molar-refractivity contribution < 1.29 is 18.3 Å². The minimum Gasteiger partial charge on any atom is -0.490 e. The van der Waals surface area contributed by atoms with Crippen LogP contribution in [-0.4, -0.2) is 65.5 Å². The van der Waals surface area contributed by atoms with E-state index in [-0.39, 0.29) is 18.6 Å². The number of likely N-dealkylation sites (N-methyl/N-ethyl adjacent to an activating group) is 1. The summed E-state index contributed by atoms with van der Waals surface area (Å²) in [6.07, 6.45) is 2.92. The smallest absolute Gasteiger partial charge is 0.256 e. The molecule has 0 bridgehead atoms. The molecule has 2 aromatic rings. The number of likely N-dealkylation sites (tertiary alicyclic amines) is 2. The van der Waals surface area contributed by atoms with Gasteiger partial charge in [-0.3, -0.25) is 4.79 Å². The molecule has 0 aliphatic carbocycles. The van der Waals surface area contributed by atoms with E-state index in [1.807, 2.05) is 36.2 Å². The van der Waals surface area contributed by atoms with Crippen LogP contribution >= 0.6 is 0 Å². The molecule has 0 radical (unpaired) electrons. The van der Waals surface area contributed by atoms with E-state index in [1.54, 1.807) is 10.8 Å². The van der Waals surface area contributed by atoms with Gasteiger partial charge in [0.25, 0.3) is 6.43 Å². The quantitative estimate of drug-likeness (QED) is 0.758. The van der Waals surface area contributed by atoms with Crippen LogP contribution in [0.25, 0.3) is 10.9 Å². The molecule has 5 nitrogen and oxygen atoms in total. The summed E-state index contributed by atoms with van der Waals surface area (Å²) in [4.78, 5) is 16.0. The lowest BCUT2D eigenvalue weighted by Crippen LogP contribution is -2.45. The van der Waals surface area contributed by atoms with Gasteiger partial charge in [-0.15, -0.1) is 0 Å². The van der Waals surface area contributed by atoms with Crippen LogP contribution in [0.3, 0.4) is 0 Å². The van der Waals surface area contributed by atoms with Crippen LogP contribution in [0.4, 0.5) is 8.78 Å². The predicted octanol–water partition coefficient (Wildman–Crippen LogP) is 3.37. The summed E-state index contributed by atoms with van der Waals surface area (Å²) >= 11 is 0. The average molecular weight is 391 g/mol. The first-order valence-corrected chi connectivity index (χ1v) is 10.0. The first-order chi connectivity index (χ1) is 13.5. The second-order valence-corrected chi connectivity index (χ2v) is 7.86. The van der Waals surface area contributed by atoms with Crippen molar-refractivity contribution >= 4 is 16.8 Å². The molecule has 152 valence electrons. The summed E-state index contributed by atoms with van der Waals surface area (Å²) in [5.41, 5.74) is 0.782. The lowest BCUT2D eigenvalue weighted by Gasteiger charge is -2.35. The number of ether oxygens (including phenoxy) is 1. The molecule has 0 saturated carbocycles. The number of hydrogen-bond donors (Lipinski definition) is 0. The highest BCUT2D eigenvalue weighted by atomic mass is 19.3. The summed E-state index contributed by atoms with van der Waals surface area (Å²) < 4.78 is 33.3. The van der Waals surface area contributed by atoms with Gasteiger partial charge in [0.2, 0.25) is 5.91 Å². The van der Waals surface area contributed by atoms with E-state index in [0.717, 1.165) is 55.5 Å². The summed E-state index contributed by atoms with van der Waals surface area (Å²) in [5, 5.41) is 0.886. The van der Waals surface area contributed by atoms with Crippen molar-refractivity contribution in [2.45, 2.75) is 50.8 Å². The Bertz CT molecular complexity index is 830. The van der Waals surface area contributed by atoms with Crippen molar-refractivity contribution in [2.75, 3.05) is 26.7 Å². The van der Waals surface area contributed by atoms with Gasteiger partial charge >= 0.3 is 0 Å². The zero-order valence-electron chi connectivity index (χ0n) is 16.2. The molecule has 7 heteroatoms. The topological polar surface area (TPSA) is 37.7 Å². The first-order valence-electron chi connectivity index (χ1n) is 10.0. The van der Waals surface area contributed by atoms with Crippen LogP contribution < -0.4 is 4.74 Å². The number of aromatic nitrogens is 1. The Morgan fingerprint density at radius 1 is 1.18 bits per heavy atom. The van der Waals surface area contributed by atoms with Crippen LogP contribution in [0.15, 0.2) is 30.5 Å². The highest BCUT2D eigenvalue weighted by molar-refractivity contribution is 5.86. The lowest BCUT2D eigenvalue weighted by atomic mass is 10.1. The van der Waals surface area contributed by atoms with Gasteiger partial charge in [-0.2, -0.15) is 0 Å². The molecule has 28 heavy (non-hydrogen) atoms. The zero-order chi connectivity index (χ0) is 19.7. The van der Waals surface area contributed by atoms with E-state index in [9.17, 15) is 13.6 Å². The molecule has 3 heterocycles. The molecule has 0 spiro atoms. The van der Waals surface area contributed by atoms with Gasteiger partial charge < -0.3 is 19.1 Å². The Kier molecular flexibility index (Phi) is 5.53. The monoisotopic (exact) mass is 391 g/mol. The second kappa shape index (κ2) is 8.07. The number of fused-ring (bicyclic) bond motifs is 1. The van der Waals surface area contributed by atoms with E-state index in [1.165, 1.54) is 0 Å². The summed E-state index contributed by atoms with van der Waals surface area (Å²) in [5.74, 6) is 1.01. The highest BCUT2D eigenvalue weighted by Crippen LogP contribution is 2.30. The molecular weight excluding hydrogens is 364 g/mol. The number of piperidine rings is 1. The fourth-order valence-corrected chi connectivity index (χ4v) is 4.37. The van der Waals surface area contributed by atoms with E-state index >= 15 is 0 Å². The van der Waals surface area contributed by atoms with E-state index in [4.69, 9.17) is 4.74 Å². The third-order valence-corrected chi connectivity index (χ3v) is 6.04. The van der Waals surface area contributed by atoms with Crippen LogP contribution in [0.5, 0.6) is 5.75 Å². The summed E-state index contributed by atoms with van der Waals surface area (Å²) in [6.45, 7) is 2.53. The van der Waals surface area contributed by atoms with Gasteiger partial charge in [0.05, 0.1) is 12.1 Å². The van der Waals surface area contributed by atoms with Crippen molar-refractivity contribution in [3.63, 3.8) is 0 Å². The average Bonchev–Trinajstić information content (AvgIpc) is 3.22. The third-order valence-electron chi connectivity index (χ3n) is 6.04. The Morgan fingerprint density at radius 2 is 1.96 bits per heavy atom. The van der Waals surface area contributed by atoms with Crippen molar-refractivity contribution in [3.05, 3.63) is 30.5 Å². The van der Waals surface area contributed by atoms with Crippen LogP contribution in [0.1, 0.15) is 25.7 Å². The van der Waals surface area contributed by atoms with Crippen LogP contribution in [-0.2, 0) is 11.3 Å². The van der Waals surface area contributed by atoms with Crippen LogP contribution in [0.2, 0.25) is 0 Å². The largest absolute Gasteiger partial charge is 0.490 e. The Labute approximate surface area is 163 Å². The number of alkyl halides is 2. The van der Waals surface area contributed by atoms with E-state index in [0.29, 0.717) is 12.5 Å². The number of halogens is 2. The molecule has 2 saturated heterocycles. The van der Waals surface area contributed by atoms with Gasteiger partial charge in [0, 0.05) is 50.7 Å². The van der Waals surface area contributed by atoms with Crippen molar-refractivity contribution in [3.8, 4) is 5.75 Å². The molecule has 1 atom stereocenters. The number of amides is 1. The molecule has 1 aromatic carbocycles. The maximum absolute atomic E-state index is 12.7. The Hall–Kier alpha value is -2.15. The second-order valence-electron chi connectivity index (χ2n) is 7.86. The summed E-state index contributed by atoms with van der Waals surface area (Å²) in [6, 6.07) is 7.82. The molecule has 2 aliphatic rings. The standard InChI is InChI=1S/C21H27F2N3O2/c1-24-15(5-6-21(24)27)13-25-10-7-16(8-11-25)28-19-4-2-3-18-17(19)9-12-26(18)14-20(22)23/h2-4,9,12,15-16,20H,5-8,10-11,13-14H2,1H3. The maximum Gasteiger partial charge on any atom is 0.256 e. The minimum absolute atomic E-state index is 0.128. The molecule has 2 aliphatic heterocycles. The molecular formula is C21H27F2N3O2. The number of rotatable bonds is 6. The summed E-state index contributed by atoms with van der Waals surface area (Å²) in [7, 11) is 1.90. The zero-order valence-corrected chi connectivity index (χ0v) is 16.2. The number of hydrogen-bond acceptors (Lipinski definition) is 3. The molecule has 0 N–H and O–H groups in total. The van der Waals surface area contributed by atoms with Gasteiger partial charge in [-0.25, -0.2) is 8.78 Å². The SMILES string of the molecule is CN1C(=O)CCC1CN1CCC(Oc2cccc3c2ccn3CC(F)F)CC1. The predicted molar refractivity (Wildman–Crippen MR) is 104 cm³/mol. The molecule has 2 fully saturated rings. The first kappa shape index (κ1) is 19.2. The van der Waals surface area contributed by atoms with Gasteiger partial charge in [0.15, 0.2) is 0 Å². The molecule has 1 aromatic heterocycles. The van der Waals surface area contributed by atoms with Crippen molar-refractivity contribution in [1.82, 2.24) is 14.4 Å². The van der Waals surface area contributed by atoms with Crippen molar-refractivity contribution in [1.29, 1.82) is 0 Å². The Balaban J connectivity index is 1.35. The molecule has 1 amide bonds. The fraction of sp³-hybridized carbons (Fsp3) is 0.571. The molecule has 1 unspecified atom stereocenters. The minimum atomic E-state index is -2.38. The maximum atomic E-state index is 12.7. The van der Waals surface area contributed by atoms with Gasteiger partial charge in [0.1, 0.15) is 11.9 Å². The van der Waals surface area contributed by atoms with Crippen LogP contribution in [0, 0.1) is 0 Å². The normalized spacial score (nSPS) is 21.9. The number of carbonyl (C=O) groups is 1.